The number of benzene rings is 7. The maximum absolute atomic E-state index is 13.0. The Morgan fingerprint density at radius 2 is 1.25 bits per heavy atom. The van der Waals surface area contributed by atoms with Gasteiger partial charge in [0.15, 0.2) is 0 Å². The summed E-state index contributed by atoms with van der Waals surface area (Å²) < 4.78 is 74.8. The molecule has 0 aliphatic heterocycles. The summed E-state index contributed by atoms with van der Waals surface area (Å²) in [5, 5.41) is 13.1. The highest BCUT2D eigenvalue weighted by Crippen LogP contribution is 2.37. The van der Waals surface area contributed by atoms with Gasteiger partial charge in [0.05, 0.1) is 65.2 Å². The van der Waals surface area contributed by atoms with Crippen LogP contribution in [0.5, 0.6) is 11.5 Å². The molecule has 0 heterocycles. The highest BCUT2D eigenvalue weighted by Gasteiger charge is 2.32. The summed E-state index contributed by atoms with van der Waals surface area (Å²) in [5.74, 6) is -0.0161. The Morgan fingerprint density at radius 1 is 0.684 bits per heavy atom. The Morgan fingerprint density at radius 3 is 1.78 bits per heavy atom. The normalized spacial score (nSPS) is 12.2. The van der Waals surface area contributed by atoms with E-state index in [0.717, 1.165) is 29.6 Å². The first kappa shape index (κ1) is 60.3. The molecule has 1 N–H and O–H groups in total. The second-order valence-electron chi connectivity index (χ2n) is 17.4. The molecule has 7 aromatic rings. The Balaban J connectivity index is 0.000000224. The molecule has 19 heteroatoms. The predicted molar refractivity (Wildman–Crippen MR) is 300 cm³/mol. The number of aliphatic imine (C=N–C) groups is 2. The lowest BCUT2D eigenvalue weighted by Crippen LogP contribution is -2.36. The predicted octanol–water partition coefficient (Wildman–Crippen LogP) is 17.4. The first-order chi connectivity index (χ1) is 35.9. The van der Waals surface area contributed by atoms with Crippen LogP contribution in [0.4, 0.5) is 30.2 Å². The maximum Gasteiger partial charge on any atom is 0.416 e. The molecule has 0 aromatic heterocycles. The molecule has 0 fully saturated rings. The van der Waals surface area contributed by atoms with E-state index in [0.29, 0.717) is 22.1 Å². The lowest BCUT2D eigenvalue weighted by atomic mass is 10.0. The number of aryl methyl sites for hydroxylation is 4. The molecule has 0 bridgehead atoms. The first-order valence-corrected chi connectivity index (χ1v) is 26.4. The summed E-state index contributed by atoms with van der Waals surface area (Å²) in [5.41, 5.74) is 6.47. The van der Waals surface area contributed by atoms with Gasteiger partial charge in [-0.05, 0) is 136 Å². The minimum atomic E-state index is -4.54. The van der Waals surface area contributed by atoms with Gasteiger partial charge in [0.25, 0.3) is 0 Å². The average Bonchev–Trinajstić information content (AvgIpc) is 3.36. The van der Waals surface area contributed by atoms with Crippen LogP contribution in [0.3, 0.4) is 0 Å². The Labute approximate surface area is 466 Å². The molecule has 2 unspecified atom stereocenters. The number of halogens is 8. The van der Waals surface area contributed by atoms with Gasteiger partial charge >= 0.3 is 12.1 Å². The molecule has 10 nitrogen and oxygen atoms in total. The summed E-state index contributed by atoms with van der Waals surface area (Å²) in [6.45, 7) is 11.8. The molecule has 0 amide bonds. The van der Waals surface area contributed by atoms with Crippen LogP contribution in [0.1, 0.15) is 53.3 Å². The number of nitrogens with zero attached hydrogens (tertiary/aromatic N) is 4. The fraction of sp³-hybridized carbons (Fsp3) is 0.193. The van der Waals surface area contributed by atoms with Gasteiger partial charge in [0, 0.05) is 17.6 Å². The van der Waals surface area contributed by atoms with E-state index in [1.54, 1.807) is 62.9 Å². The number of alkyl halides is 3. The van der Waals surface area contributed by atoms with Crippen LogP contribution < -0.4 is 10.1 Å². The third kappa shape index (κ3) is 17.5. The van der Waals surface area contributed by atoms with E-state index in [4.69, 9.17) is 67.5 Å². The van der Waals surface area contributed by atoms with Crippen molar-refractivity contribution < 1.29 is 35.9 Å². The topological polar surface area (TPSA) is 133 Å². The van der Waals surface area contributed by atoms with Gasteiger partial charge in [-0.25, -0.2) is 23.2 Å². The molecule has 76 heavy (non-hydrogen) atoms. The monoisotopic (exact) mass is 1150 g/mol. The molecular weight excluding hydrogens is 1100 g/mol. The van der Waals surface area contributed by atoms with Crippen LogP contribution in [0, 0.1) is 44.9 Å². The van der Waals surface area contributed by atoms with Crippen molar-refractivity contribution in [2.24, 2.45) is 15.9 Å². The summed E-state index contributed by atoms with van der Waals surface area (Å²) >= 11 is 29.3. The van der Waals surface area contributed by atoms with E-state index in [2.05, 4.69) is 67.3 Å². The molecule has 7 aromatic carbocycles. The molecule has 0 radical (unpaired) electrons. The number of anilines is 1. The molecular formula is C57H51Cl5F3N5O5S. The highest BCUT2D eigenvalue weighted by molar-refractivity contribution is 7.91. The quantitative estimate of drug-likeness (QED) is 0.0493. The Kier molecular flexibility index (Phi) is 21.8. The number of carbonyl (C=O) groups excluding carboxylic acids is 1. The van der Waals surface area contributed by atoms with Crippen molar-refractivity contribution in [2.75, 3.05) is 12.4 Å². The van der Waals surface area contributed by atoms with Gasteiger partial charge in [-0.2, -0.15) is 18.4 Å². The average molecular weight is 1150 g/mol. The van der Waals surface area contributed by atoms with Gasteiger partial charge in [-0.1, -0.05) is 138 Å². The van der Waals surface area contributed by atoms with Crippen molar-refractivity contribution in [3.8, 4) is 17.6 Å². The van der Waals surface area contributed by atoms with E-state index in [-0.39, 0.29) is 41.5 Å². The minimum Gasteiger partial charge on any atom is -0.457 e. The van der Waals surface area contributed by atoms with Gasteiger partial charge < -0.3 is 19.7 Å². The summed E-state index contributed by atoms with van der Waals surface area (Å²) in [4.78, 5) is 23.8. The smallest absolute Gasteiger partial charge is 0.416 e. The maximum atomic E-state index is 13.0. The van der Waals surface area contributed by atoms with Crippen molar-refractivity contribution >= 4 is 104 Å². The van der Waals surface area contributed by atoms with Crippen LogP contribution >= 0.6 is 58.0 Å². The molecule has 0 aliphatic carbocycles. The van der Waals surface area contributed by atoms with Crippen molar-refractivity contribution in [1.29, 1.82) is 5.26 Å². The third-order valence-corrected chi connectivity index (χ3v) is 14.4. The van der Waals surface area contributed by atoms with Crippen LogP contribution in [0.2, 0.25) is 25.1 Å². The van der Waals surface area contributed by atoms with Crippen LogP contribution in [-0.4, -0.2) is 45.1 Å². The lowest BCUT2D eigenvalue weighted by Gasteiger charge is -2.24. The molecule has 396 valence electrons. The summed E-state index contributed by atoms with van der Waals surface area (Å²) in [6, 6.07) is 40.2. The highest BCUT2D eigenvalue weighted by atomic mass is 35.5. The Hall–Kier alpha value is -6.57. The molecule has 0 aliphatic rings. The van der Waals surface area contributed by atoms with Gasteiger partial charge in [0.1, 0.15) is 23.6 Å². The lowest BCUT2D eigenvalue weighted by molar-refractivity contribution is -0.149. The zero-order chi connectivity index (χ0) is 55.9. The standard InChI is InChI=1S/C26H22ClF3N2O3.C19H23N3.C12H6Cl4O2S/c1-16(2)24(32-22-12-11-18(14-21(22)27)26(28,29)30)25(33)35-23(15-31)17-7-6-10-20(13-17)34-19-8-4-3-5-9-19;1-14-6-8-18(16(3)10-14)20-12-22(5)13-21-19-9-7-15(2)11-17(19)4;13-7-1-3-8(4-2-7)19(17,18)12-6-10(15)9(14)5-11(12)16/h3-14,16,23-24,32H,1-2H3;6-13H,1-5H3;1-6H. The largest absolute Gasteiger partial charge is 0.457 e. The van der Waals surface area contributed by atoms with Crippen molar-refractivity contribution in [2.45, 2.75) is 69.7 Å². The number of hydrogen-bond donors (Lipinski definition) is 1. The van der Waals surface area contributed by atoms with E-state index in [9.17, 15) is 31.6 Å². The van der Waals surface area contributed by atoms with Gasteiger partial charge in [0.2, 0.25) is 15.9 Å². The van der Waals surface area contributed by atoms with Crippen LogP contribution in [-0.2, 0) is 25.5 Å². The number of ether oxygens (including phenoxy) is 2. The summed E-state index contributed by atoms with van der Waals surface area (Å²) in [6.07, 6.45) is -2.21. The second-order valence-corrected chi connectivity index (χ2v) is 21.4. The van der Waals surface area contributed by atoms with E-state index >= 15 is 0 Å². The molecule has 0 spiro atoms. The number of rotatable bonds is 14. The van der Waals surface area contributed by atoms with Gasteiger partial charge in [-0.3, -0.25) is 0 Å². The zero-order valence-electron chi connectivity index (χ0n) is 42.0. The molecule has 7 rings (SSSR count). The van der Waals surface area contributed by atoms with E-state index < -0.39 is 39.7 Å². The van der Waals surface area contributed by atoms with Crippen molar-refractivity contribution in [1.82, 2.24) is 4.90 Å². The van der Waals surface area contributed by atoms with Crippen LogP contribution in [0.25, 0.3) is 0 Å². The van der Waals surface area contributed by atoms with Crippen LogP contribution in [0.15, 0.2) is 165 Å². The molecule has 2 atom stereocenters. The Bertz CT molecular complexity index is 3300. The van der Waals surface area contributed by atoms with Crippen molar-refractivity contribution in [3.63, 3.8) is 0 Å². The minimum absolute atomic E-state index is 0.0179. The fourth-order valence-electron chi connectivity index (χ4n) is 6.89. The number of sulfone groups is 1. The zero-order valence-corrected chi connectivity index (χ0v) is 46.6. The number of hydrogen-bond acceptors (Lipinski definition) is 9. The first-order valence-electron chi connectivity index (χ1n) is 23.0. The SMILES string of the molecule is CC(C)C(Nc1ccc(C(F)(F)F)cc1Cl)C(=O)OC(C#N)c1cccc(Oc2ccccc2)c1.Cc1ccc(N=CN(C)C=Nc2ccc(C)cc2C)c(C)c1.O=S(=O)(c1ccc(Cl)cc1)c1cc(Cl)c(Cl)cc1Cl. The van der Waals surface area contributed by atoms with E-state index in [1.165, 1.54) is 58.7 Å². The molecule has 0 saturated heterocycles. The number of nitriles is 1. The molecule has 0 saturated carbocycles. The fourth-order valence-corrected chi connectivity index (χ4v) is 9.50. The number of para-hydroxylation sites is 1. The van der Waals surface area contributed by atoms with Gasteiger partial charge in [-0.15, -0.1) is 0 Å². The van der Waals surface area contributed by atoms with Crippen molar-refractivity contribution in [3.05, 3.63) is 204 Å². The number of nitrogens with one attached hydrogen (secondary N) is 1. The number of esters is 1. The van der Waals surface area contributed by atoms with E-state index in [1.807, 2.05) is 48.3 Å². The third-order valence-electron chi connectivity index (χ3n) is 10.9. The summed E-state index contributed by atoms with van der Waals surface area (Å²) in [7, 11) is -1.83. The number of carbonyl (C=O) groups is 1. The second kappa shape index (κ2) is 27.5.